The summed E-state index contributed by atoms with van der Waals surface area (Å²) in [6, 6.07) is 11.4. The van der Waals surface area contributed by atoms with Crippen LogP contribution in [0, 0.1) is 0 Å². The van der Waals surface area contributed by atoms with Crippen molar-refractivity contribution in [3.63, 3.8) is 0 Å². The number of hydrogen-bond acceptors (Lipinski definition) is 8. The highest BCUT2D eigenvalue weighted by Gasteiger charge is 2.56. The van der Waals surface area contributed by atoms with E-state index < -0.39 is 12.0 Å². The number of ether oxygens (including phenoxy) is 4. The fourth-order valence-corrected chi connectivity index (χ4v) is 4.95. The number of fused-ring (bicyclic) bond motifs is 3. The van der Waals surface area contributed by atoms with Gasteiger partial charge in [-0.1, -0.05) is 11.6 Å². The minimum absolute atomic E-state index is 0.274. The minimum atomic E-state index is -0.752. The smallest absolute Gasteiger partial charge is 0.166 e. The van der Waals surface area contributed by atoms with Gasteiger partial charge in [0.15, 0.2) is 17.8 Å². The van der Waals surface area contributed by atoms with Gasteiger partial charge in [0.2, 0.25) is 0 Å². The van der Waals surface area contributed by atoms with Crippen molar-refractivity contribution in [1.82, 2.24) is 24.4 Å². The fraction of sp³-hybridized carbons (Fsp3) is 0.385. The summed E-state index contributed by atoms with van der Waals surface area (Å²) in [6.45, 7) is 4.09. The summed E-state index contributed by atoms with van der Waals surface area (Å²) in [5.41, 5.74) is 1.47. The van der Waals surface area contributed by atoms with Gasteiger partial charge in [0.25, 0.3) is 0 Å². The monoisotopic (exact) mass is 522 g/mol. The van der Waals surface area contributed by atoms with Gasteiger partial charge >= 0.3 is 0 Å². The molecule has 0 amide bonds. The van der Waals surface area contributed by atoms with E-state index in [-0.39, 0.29) is 24.9 Å². The first kappa shape index (κ1) is 24.1. The van der Waals surface area contributed by atoms with E-state index in [1.165, 1.54) is 6.33 Å². The summed E-state index contributed by atoms with van der Waals surface area (Å²) in [4.78, 5) is 19.6. The van der Waals surface area contributed by atoms with Gasteiger partial charge in [0.1, 0.15) is 47.8 Å². The molecule has 1 aromatic carbocycles. The van der Waals surface area contributed by atoms with Gasteiger partial charge in [-0.3, -0.25) is 0 Å². The zero-order chi connectivity index (χ0) is 25.7. The van der Waals surface area contributed by atoms with Gasteiger partial charge in [-0.15, -0.1) is 0 Å². The molecule has 2 aliphatic rings. The van der Waals surface area contributed by atoms with Gasteiger partial charge < -0.3 is 28.4 Å². The molecule has 0 spiro atoms. The second-order valence-corrected chi connectivity index (χ2v) is 10.2. The molecule has 2 unspecified atom stereocenters. The van der Waals surface area contributed by atoms with E-state index in [0.29, 0.717) is 22.4 Å². The average Bonchev–Trinajstić information content (AvgIpc) is 3.52. The Morgan fingerprint density at radius 3 is 2.78 bits per heavy atom. The lowest BCUT2D eigenvalue weighted by molar-refractivity contribution is -0.198. The Hall–Kier alpha value is -3.31. The van der Waals surface area contributed by atoms with Crippen LogP contribution in [0.15, 0.2) is 53.9 Å². The maximum atomic E-state index is 6.48. The van der Waals surface area contributed by atoms with E-state index >= 15 is 0 Å². The number of rotatable bonds is 6. The topological polar surface area (TPSA) is 96.1 Å². The molecule has 37 heavy (non-hydrogen) atoms. The average molecular weight is 523 g/mol. The summed E-state index contributed by atoms with van der Waals surface area (Å²) in [5, 5.41) is 2.24. The first-order chi connectivity index (χ1) is 17.8. The van der Waals surface area contributed by atoms with Crippen LogP contribution < -0.4 is 4.74 Å². The van der Waals surface area contributed by atoms with Gasteiger partial charge in [-0.25, -0.2) is 19.9 Å². The number of benzene rings is 1. The largest absolute Gasteiger partial charge is 0.491 e. The molecule has 10 nitrogen and oxygen atoms in total. The predicted molar refractivity (Wildman–Crippen MR) is 139 cm³/mol. The van der Waals surface area contributed by atoms with Crippen LogP contribution in [0.5, 0.6) is 5.75 Å². The van der Waals surface area contributed by atoms with Gasteiger partial charge in [0.05, 0.1) is 17.2 Å². The third kappa shape index (κ3) is 4.61. The van der Waals surface area contributed by atoms with Crippen molar-refractivity contribution < 1.29 is 18.9 Å². The van der Waals surface area contributed by atoms with E-state index in [2.05, 4.69) is 19.9 Å². The molecule has 3 aromatic heterocycles. The van der Waals surface area contributed by atoms with Crippen LogP contribution in [0.2, 0.25) is 5.15 Å². The second-order valence-electron chi connectivity index (χ2n) is 9.80. The molecule has 0 radical (unpaired) electrons. The third-order valence-electron chi connectivity index (χ3n) is 6.34. The number of halogens is 1. The Kier molecular flexibility index (Phi) is 5.99. The number of pyridine rings is 1. The van der Waals surface area contributed by atoms with E-state index in [1.54, 1.807) is 12.4 Å². The molecular weight excluding hydrogens is 496 g/mol. The van der Waals surface area contributed by atoms with Gasteiger partial charge in [-0.2, -0.15) is 0 Å². The minimum Gasteiger partial charge on any atom is -0.491 e. The molecule has 0 bridgehead atoms. The summed E-state index contributed by atoms with van der Waals surface area (Å²) in [7, 11) is 3.81. The van der Waals surface area contributed by atoms with Crippen molar-refractivity contribution in [2.24, 2.45) is 4.99 Å². The molecule has 0 N–H and O–H groups in total. The standard InChI is InChI=1S/C26H27ClN6O4/c1-26(2)36-21-19(12-34-16-7-5-15-6-8-20(27)31-18(15)11-16)35-25(22(21)37-26)33-10-9-17-23(30-14-32(3)4)28-13-29-24(17)33/h5-11,13-14,19,21-22,25H,12H2,1-4H3/t19?,21-,22-,25?/m1/s1. The molecule has 192 valence electrons. The van der Waals surface area contributed by atoms with Crippen molar-refractivity contribution in [2.75, 3.05) is 20.7 Å². The lowest BCUT2D eigenvalue weighted by atomic mass is 10.1. The molecule has 4 aromatic rings. The third-order valence-corrected chi connectivity index (χ3v) is 6.55. The first-order valence-electron chi connectivity index (χ1n) is 12.0. The highest BCUT2D eigenvalue weighted by molar-refractivity contribution is 6.29. The Morgan fingerprint density at radius 1 is 1.14 bits per heavy atom. The molecular formula is C26H27ClN6O4. The Balaban J connectivity index is 1.27. The molecule has 6 rings (SSSR count). The highest BCUT2D eigenvalue weighted by Crippen LogP contribution is 2.44. The van der Waals surface area contributed by atoms with Crippen LogP contribution in [-0.2, 0) is 14.2 Å². The summed E-state index contributed by atoms with van der Waals surface area (Å²) < 4.78 is 27.1. The number of aromatic nitrogens is 4. The number of nitrogens with zero attached hydrogens (tertiary/aromatic N) is 6. The molecule has 2 fully saturated rings. The molecule has 2 saturated heterocycles. The second kappa shape index (κ2) is 9.21. The summed E-state index contributed by atoms with van der Waals surface area (Å²) >= 11 is 6.06. The molecule has 0 aliphatic carbocycles. The fourth-order valence-electron chi connectivity index (χ4n) is 4.79. The quantitative estimate of drug-likeness (QED) is 0.209. The lowest BCUT2D eigenvalue weighted by Crippen LogP contribution is -2.33. The Morgan fingerprint density at radius 2 is 1.95 bits per heavy atom. The van der Waals surface area contributed by atoms with Crippen molar-refractivity contribution in [3.05, 3.63) is 54.1 Å². The van der Waals surface area contributed by atoms with Crippen LogP contribution in [0.1, 0.15) is 20.1 Å². The lowest BCUT2D eigenvalue weighted by Gasteiger charge is -2.25. The molecule has 0 saturated carbocycles. The summed E-state index contributed by atoms with van der Waals surface area (Å²) in [5.74, 6) is 0.505. The van der Waals surface area contributed by atoms with Crippen molar-refractivity contribution >= 4 is 45.7 Å². The SMILES string of the molecule is CN(C)C=Nc1ncnc2c1ccn2C1OC(COc2ccc3ccc(Cl)nc3c2)[C@H]2OC(C)(C)O[C@@H]12. The van der Waals surface area contributed by atoms with Crippen LogP contribution in [0.25, 0.3) is 21.9 Å². The van der Waals surface area contributed by atoms with E-state index in [0.717, 1.165) is 16.3 Å². The Labute approximate surface area is 218 Å². The van der Waals surface area contributed by atoms with Crippen molar-refractivity contribution in [2.45, 2.75) is 44.2 Å². The van der Waals surface area contributed by atoms with Crippen molar-refractivity contribution in [1.29, 1.82) is 0 Å². The van der Waals surface area contributed by atoms with E-state index in [1.807, 2.05) is 73.9 Å². The normalized spacial score (nSPS) is 24.8. The maximum absolute atomic E-state index is 6.48. The zero-order valence-corrected chi connectivity index (χ0v) is 21.7. The molecule has 4 atom stereocenters. The molecule has 2 aliphatic heterocycles. The van der Waals surface area contributed by atoms with E-state index in [4.69, 9.17) is 30.5 Å². The van der Waals surface area contributed by atoms with Gasteiger partial charge in [-0.05, 0) is 44.2 Å². The Bertz CT molecular complexity index is 1490. The van der Waals surface area contributed by atoms with Crippen LogP contribution in [0.4, 0.5) is 5.82 Å². The van der Waals surface area contributed by atoms with Crippen LogP contribution in [-0.4, -0.2) is 75.6 Å². The number of hydrogen-bond donors (Lipinski definition) is 0. The summed E-state index contributed by atoms with van der Waals surface area (Å²) in [6.07, 6.45) is 3.64. The van der Waals surface area contributed by atoms with Crippen LogP contribution >= 0.6 is 11.6 Å². The zero-order valence-electron chi connectivity index (χ0n) is 20.9. The van der Waals surface area contributed by atoms with Crippen molar-refractivity contribution in [3.8, 4) is 5.75 Å². The number of aliphatic imine (C=N–C) groups is 1. The highest BCUT2D eigenvalue weighted by atomic mass is 35.5. The van der Waals surface area contributed by atoms with E-state index in [9.17, 15) is 0 Å². The maximum Gasteiger partial charge on any atom is 0.166 e. The molecule has 5 heterocycles. The molecule has 11 heteroatoms. The van der Waals surface area contributed by atoms with Gasteiger partial charge in [0, 0.05) is 31.7 Å². The first-order valence-corrected chi connectivity index (χ1v) is 12.4. The predicted octanol–water partition coefficient (Wildman–Crippen LogP) is 4.35. The van der Waals surface area contributed by atoms with Crippen LogP contribution in [0.3, 0.4) is 0 Å².